The largest absolute Gasteiger partial charge is 0.295 e. The van der Waals surface area contributed by atoms with Gasteiger partial charge in [-0.05, 0) is 87.5 Å². The van der Waals surface area contributed by atoms with Crippen LogP contribution < -0.4 is 11.0 Å². The van der Waals surface area contributed by atoms with E-state index in [-0.39, 0.29) is 16.9 Å². The Hall–Kier alpha value is -2.34. The molecular weight excluding hydrogens is 388 g/mol. The van der Waals surface area contributed by atoms with Gasteiger partial charge in [0.25, 0.3) is 5.56 Å². The number of aromatic nitrogens is 2. The van der Waals surface area contributed by atoms with Crippen molar-refractivity contribution in [1.82, 2.24) is 15.2 Å². The van der Waals surface area contributed by atoms with Crippen LogP contribution in [0.4, 0.5) is 0 Å². The van der Waals surface area contributed by atoms with Gasteiger partial charge in [-0.3, -0.25) is 14.7 Å². The van der Waals surface area contributed by atoms with Crippen LogP contribution in [0.1, 0.15) is 49.8 Å². The minimum absolute atomic E-state index is 0.0269. The van der Waals surface area contributed by atoms with Crippen molar-refractivity contribution in [3.8, 4) is 5.69 Å². The van der Waals surface area contributed by atoms with Crippen LogP contribution in [-0.2, 0) is 4.79 Å². The molecule has 6 nitrogen and oxygen atoms in total. The summed E-state index contributed by atoms with van der Waals surface area (Å²) in [5.41, 5.74) is 4.11. The van der Waals surface area contributed by atoms with E-state index in [2.05, 4.69) is 15.6 Å². The van der Waals surface area contributed by atoms with Crippen molar-refractivity contribution in [2.45, 2.75) is 45.4 Å². The van der Waals surface area contributed by atoms with Crippen LogP contribution in [0.25, 0.3) is 5.69 Å². The van der Waals surface area contributed by atoms with Crippen LogP contribution in [-0.4, -0.2) is 21.9 Å². The second kappa shape index (κ2) is 6.87. The van der Waals surface area contributed by atoms with E-state index in [1.807, 2.05) is 6.92 Å². The normalized spacial score (nSPS) is 30.2. The third-order valence-electron chi connectivity index (χ3n) is 7.08. The highest BCUT2D eigenvalue weighted by atomic mass is 35.5. The minimum Gasteiger partial charge on any atom is -0.295 e. The summed E-state index contributed by atoms with van der Waals surface area (Å²) >= 11 is 5.93. The number of carbonyl (C=O) groups excluding carboxylic acids is 1. The molecular formula is C22H25ClN4O2. The van der Waals surface area contributed by atoms with Gasteiger partial charge in [-0.25, -0.2) is 10.1 Å². The van der Waals surface area contributed by atoms with Gasteiger partial charge in [-0.15, -0.1) is 0 Å². The number of carbonyl (C=O) groups is 1. The van der Waals surface area contributed by atoms with Crippen LogP contribution in [0.3, 0.4) is 0 Å². The highest BCUT2D eigenvalue weighted by molar-refractivity contribution is 6.30. The molecule has 4 aliphatic rings. The SMILES string of the molecule is Cc1[nH]n(-c2ccc(Cl)cc2)c(=O)c1C=NNC(=O)C12CC3CC(CC(C3)C1)C2. The van der Waals surface area contributed by atoms with Crippen molar-refractivity contribution in [3.63, 3.8) is 0 Å². The number of hydrogen-bond donors (Lipinski definition) is 2. The number of rotatable bonds is 4. The minimum atomic E-state index is -0.247. The molecule has 0 spiro atoms. The number of nitrogens with zero attached hydrogens (tertiary/aromatic N) is 2. The molecule has 0 aliphatic heterocycles. The third kappa shape index (κ3) is 3.23. The summed E-state index contributed by atoms with van der Waals surface area (Å²) < 4.78 is 1.45. The molecule has 2 N–H and O–H groups in total. The lowest BCUT2D eigenvalue weighted by Gasteiger charge is -2.55. The summed E-state index contributed by atoms with van der Waals surface area (Å²) in [5, 5.41) is 7.83. The van der Waals surface area contributed by atoms with Crippen LogP contribution in [0, 0.1) is 30.1 Å². The molecule has 2 aromatic rings. The van der Waals surface area contributed by atoms with E-state index >= 15 is 0 Å². The van der Waals surface area contributed by atoms with Crippen LogP contribution in [0.15, 0.2) is 34.2 Å². The van der Waals surface area contributed by atoms with Crippen molar-refractivity contribution in [2.24, 2.45) is 28.3 Å². The molecule has 0 unspecified atom stereocenters. The number of hydrogen-bond acceptors (Lipinski definition) is 3. The summed E-state index contributed by atoms with van der Waals surface area (Å²) in [6, 6.07) is 7.02. The van der Waals surface area contributed by atoms with Gasteiger partial charge in [-0.2, -0.15) is 5.10 Å². The zero-order valence-electron chi connectivity index (χ0n) is 16.5. The van der Waals surface area contributed by atoms with Gasteiger partial charge in [0.15, 0.2) is 0 Å². The lowest BCUT2D eigenvalue weighted by Crippen LogP contribution is -2.52. The summed E-state index contributed by atoms with van der Waals surface area (Å²) in [5.74, 6) is 2.14. The van der Waals surface area contributed by atoms with Gasteiger partial charge >= 0.3 is 0 Å². The van der Waals surface area contributed by atoms with Crippen molar-refractivity contribution >= 4 is 23.7 Å². The Morgan fingerprint density at radius 2 is 1.76 bits per heavy atom. The van der Waals surface area contributed by atoms with E-state index in [1.165, 1.54) is 30.2 Å². The van der Waals surface area contributed by atoms with Crippen molar-refractivity contribution in [1.29, 1.82) is 0 Å². The predicted octanol–water partition coefficient (Wildman–Crippen LogP) is 3.79. The second-order valence-corrected chi connectivity index (χ2v) is 9.60. The predicted molar refractivity (Wildman–Crippen MR) is 112 cm³/mol. The van der Waals surface area contributed by atoms with E-state index in [1.54, 1.807) is 24.3 Å². The third-order valence-corrected chi connectivity index (χ3v) is 7.33. The Labute approximate surface area is 174 Å². The fourth-order valence-corrected chi connectivity index (χ4v) is 6.27. The summed E-state index contributed by atoms with van der Waals surface area (Å²) in [7, 11) is 0. The molecule has 7 heteroatoms. The quantitative estimate of drug-likeness (QED) is 0.591. The first-order valence-corrected chi connectivity index (χ1v) is 10.7. The van der Waals surface area contributed by atoms with E-state index in [4.69, 9.17) is 11.6 Å². The smallest absolute Gasteiger partial charge is 0.280 e. The van der Waals surface area contributed by atoms with E-state index in [0.29, 0.717) is 39.7 Å². The van der Waals surface area contributed by atoms with Crippen molar-refractivity contribution in [2.75, 3.05) is 0 Å². The zero-order valence-corrected chi connectivity index (χ0v) is 17.2. The molecule has 1 amide bonds. The van der Waals surface area contributed by atoms with Crippen LogP contribution in [0.2, 0.25) is 5.02 Å². The lowest BCUT2D eigenvalue weighted by molar-refractivity contribution is -0.146. The molecule has 1 aromatic carbocycles. The van der Waals surface area contributed by atoms with Crippen molar-refractivity contribution in [3.05, 3.63) is 50.9 Å². The average molecular weight is 413 g/mol. The number of halogens is 1. The Morgan fingerprint density at radius 1 is 1.17 bits per heavy atom. The van der Waals surface area contributed by atoms with Gasteiger partial charge in [0.05, 0.1) is 22.9 Å². The Balaban J connectivity index is 1.33. The molecule has 6 rings (SSSR count). The van der Waals surface area contributed by atoms with Gasteiger partial charge in [0.2, 0.25) is 5.91 Å². The molecule has 29 heavy (non-hydrogen) atoms. The van der Waals surface area contributed by atoms with Gasteiger partial charge in [0.1, 0.15) is 0 Å². The monoisotopic (exact) mass is 412 g/mol. The van der Waals surface area contributed by atoms with Crippen LogP contribution >= 0.6 is 11.6 Å². The summed E-state index contributed by atoms with van der Waals surface area (Å²) in [6.07, 6.45) is 8.32. The zero-order chi connectivity index (χ0) is 20.2. The fourth-order valence-electron chi connectivity index (χ4n) is 6.15. The average Bonchev–Trinajstić information content (AvgIpc) is 2.95. The van der Waals surface area contributed by atoms with E-state index in [0.717, 1.165) is 19.3 Å². The van der Waals surface area contributed by atoms with Crippen LogP contribution in [0.5, 0.6) is 0 Å². The molecule has 0 atom stereocenters. The molecule has 1 aromatic heterocycles. The topological polar surface area (TPSA) is 79.2 Å². The van der Waals surface area contributed by atoms with E-state index in [9.17, 15) is 9.59 Å². The molecule has 1 heterocycles. The molecule has 4 aliphatic carbocycles. The maximum atomic E-state index is 13.0. The highest BCUT2D eigenvalue weighted by Crippen LogP contribution is 2.60. The lowest BCUT2D eigenvalue weighted by atomic mass is 9.49. The van der Waals surface area contributed by atoms with Gasteiger partial charge in [-0.1, -0.05) is 11.6 Å². The number of nitrogens with one attached hydrogen (secondary N) is 2. The molecule has 0 saturated heterocycles. The number of amides is 1. The standard InChI is InChI=1S/C22H25ClN4O2/c1-13-19(20(28)27(26-13)18-4-2-17(23)3-5-18)12-24-25-21(29)22-9-14-6-15(10-22)8-16(7-14)11-22/h2-5,12,14-16,26H,6-11H2,1H3,(H,25,29). The molecule has 4 fully saturated rings. The molecule has 0 radical (unpaired) electrons. The second-order valence-electron chi connectivity index (χ2n) is 9.16. The first kappa shape index (κ1) is 18.7. The van der Waals surface area contributed by atoms with Gasteiger partial charge in [0, 0.05) is 10.7 Å². The molecule has 152 valence electrons. The Morgan fingerprint density at radius 3 is 2.34 bits per heavy atom. The first-order valence-electron chi connectivity index (χ1n) is 10.3. The number of aryl methyl sites for hydroxylation is 1. The fraction of sp³-hybridized carbons (Fsp3) is 0.500. The summed E-state index contributed by atoms with van der Waals surface area (Å²) in [6.45, 7) is 1.82. The maximum absolute atomic E-state index is 13.0. The number of benzene rings is 1. The van der Waals surface area contributed by atoms with Crippen molar-refractivity contribution < 1.29 is 4.79 Å². The molecule has 4 bridgehead atoms. The summed E-state index contributed by atoms with van der Waals surface area (Å²) in [4.78, 5) is 25.8. The maximum Gasteiger partial charge on any atom is 0.280 e. The number of hydrazone groups is 1. The highest BCUT2D eigenvalue weighted by Gasteiger charge is 2.54. The van der Waals surface area contributed by atoms with Gasteiger partial charge < -0.3 is 0 Å². The molecule has 4 saturated carbocycles. The Bertz CT molecular complexity index is 999. The number of H-pyrrole nitrogens is 1. The van der Waals surface area contributed by atoms with E-state index < -0.39 is 0 Å². The first-order chi connectivity index (χ1) is 13.9. The number of aromatic amines is 1. The Kier molecular flexibility index (Phi) is 4.42.